The number of hydrogen-bond donors (Lipinski definition) is 0. The predicted octanol–water partition coefficient (Wildman–Crippen LogP) is 2.40. The Morgan fingerprint density at radius 3 is 2.25 bits per heavy atom. The van der Waals surface area contributed by atoms with E-state index in [9.17, 15) is 10.1 Å². The second kappa shape index (κ2) is 5.35. The van der Waals surface area contributed by atoms with E-state index in [2.05, 4.69) is 20.8 Å². The zero-order valence-electron chi connectivity index (χ0n) is 7.38. The molecule has 72 valence electrons. The van der Waals surface area contributed by atoms with Gasteiger partial charge in [0.05, 0.1) is 0 Å². The van der Waals surface area contributed by atoms with Gasteiger partial charge in [-0.05, 0) is 12.8 Å². The lowest BCUT2D eigenvalue weighted by Crippen LogP contribution is -2.28. The van der Waals surface area contributed by atoms with E-state index in [0.29, 0.717) is 0 Å². The van der Waals surface area contributed by atoms with Crippen LogP contribution in [0.4, 0.5) is 0 Å². The Hall–Kier alpha value is -0.320. The average Bonchev–Trinajstić information content (AvgIpc) is 2.08. The molecule has 0 saturated heterocycles. The van der Waals surface area contributed by atoms with Gasteiger partial charge in [-0.15, -0.1) is 10.1 Å². The van der Waals surface area contributed by atoms with Gasteiger partial charge in [-0.1, -0.05) is 29.8 Å². The summed E-state index contributed by atoms with van der Waals surface area (Å²) in [7, 11) is 0. The van der Waals surface area contributed by atoms with Gasteiger partial charge in [0.15, 0.2) is 0 Å². The first-order valence-electron chi connectivity index (χ1n) is 3.93. The Bertz CT molecular complexity index is 139. The van der Waals surface area contributed by atoms with E-state index in [1.165, 1.54) is 0 Å². The number of alkyl halides is 1. The summed E-state index contributed by atoms with van der Waals surface area (Å²) in [4.78, 5) is 14.3. The average molecular weight is 240 g/mol. The Labute approximate surface area is 80.5 Å². The van der Waals surface area contributed by atoms with Gasteiger partial charge in [0.1, 0.15) is 6.61 Å². The maximum absolute atomic E-state index is 9.96. The van der Waals surface area contributed by atoms with Crippen molar-refractivity contribution < 1.29 is 9.92 Å². The van der Waals surface area contributed by atoms with Crippen LogP contribution in [-0.2, 0) is 4.84 Å². The zero-order valence-corrected chi connectivity index (χ0v) is 8.96. The fourth-order valence-corrected chi connectivity index (χ4v) is 1.83. The van der Waals surface area contributed by atoms with Crippen molar-refractivity contribution in [3.05, 3.63) is 10.1 Å². The van der Waals surface area contributed by atoms with Gasteiger partial charge in [-0.3, -0.25) is 0 Å². The van der Waals surface area contributed by atoms with Gasteiger partial charge in [0.2, 0.25) is 0 Å². The molecular formula is C7H14BrNO3. The fraction of sp³-hybridized carbons (Fsp3) is 1.00. The second-order valence-corrected chi connectivity index (χ2v) is 3.40. The molecule has 0 saturated carbocycles. The first-order chi connectivity index (χ1) is 5.60. The van der Waals surface area contributed by atoms with Crippen LogP contribution in [0.25, 0.3) is 0 Å². The number of nitrogens with zero attached hydrogens (tertiary/aromatic N) is 1. The van der Waals surface area contributed by atoms with Crippen LogP contribution in [0.3, 0.4) is 0 Å². The number of halogens is 1. The summed E-state index contributed by atoms with van der Waals surface area (Å²) < 4.78 is 0. The molecule has 0 aliphatic carbocycles. The summed E-state index contributed by atoms with van der Waals surface area (Å²) >= 11 is 3.34. The molecule has 0 aromatic carbocycles. The highest BCUT2D eigenvalue weighted by Gasteiger charge is 2.26. The molecule has 0 aliphatic rings. The maximum atomic E-state index is 9.96. The highest BCUT2D eigenvalue weighted by atomic mass is 79.9. The standard InChI is InChI=1S/C7H14BrNO3/c1-3-7(4-2,5-8)6-12-9(10)11/h3-6H2,1-2H3. The maximum Gasteiger partial charge on any atom is 0.294 e. The van der Waals surface area contributed by atoms with Crippen molar-refractivity contribution >= 4 is 15.9 Å². The first kappa shape index (κ1) is 11.7. The monoisotopic (exact) mass is 239 g/mol. The lowest BCUT2D eigenvalue weighted by Gasteiger charge is -2.27. The van der Waals surface area contributed by atoms with E-state index in [-0.39, 0.29) is 12.0 Å². The molecule has 0 bridgehead atoms. The molecular weight excluding hydrogens is 226 g/mol. The van der Waals surface area contributed by atoms with E-state index >= 15 is 0 Å². The van der Waals surface area contributed by atoms with E-state index in [4.69, 9.17) is 0 Å². The first-order valence-corrected chi connectivity index (χ1v) is 5.05. The normalized spacial score (nSPS) is 11.2. The van der Waals surface area contributed by atoms with Gasteiger partial charge < -0.3 is 4.84 Å². The van der Waals surface area contributed by atoms with E-state index in [0.717, 1.165) is 18.2 Å². The van der Waals surface area contributed by atoms with Crippen LogP contribution in [-0.4, -0.2) is 17.0 Å². The van der Waals surface area contributed by atoms with Crippen molar-refractivity contribution in [1.29, 1.82) is 0 Å². The molecule has 0 aliphatic heterocycles. The molecule has 4 nitrogen and oxygen atoms in total. The quantitative estimate of drug-likeness (QED) is 0.407. The molecule has 0 amide bonds. The molecule has 5 heteroatoms. The third-order valence-electron chi connectivity index (χ3n) is 2.26. The third-order valence-corrected chi connectivity index (χ3v) is 3.45. The zero-order chi connectivity index (χ0) is 9.61. The van der Waals surface area contributed by atoms with Gasteiger partial charge >= 0.3 is 0 Å². The van der Waals surface area contributed by atoms with Crippen molar-refractivity contribution in [3.63, 3.8) is 0 Å². The summed E-state index contributed by atoms with van der Waals surface area (Å²) in [5, 5.41) is 9.97. The minimum Gasteiger partial charge on any atom is -0.313 e. The van der Waals surface area contributed by atoms with Crippen molar-refractivity contribution in [3.8, 4) is 0 Å². The van der Waals surface area contributed by atoms with E-state index in [1.54, 1.807) is 0 Å². The van der Waals surface area contributed by atoms with Crippen LogP contribution >= 0.6 is 15.9 Å². The van der Waals surface area contributed by atoms with E-state index in [1.807, 2.05) is 13.8 Å². The van der Waals surface area contributed by atoms with Gasteiger partial charge in [0.25, 0.3) is 5.09 Å². The molecule has 0 fully saturated rings. The highest BCUT2D eigenvalue weighted by molar-refractivity contribution is 9.09. The minimum absolute atomic E-state index is 0.0902. The summed E-state index contributed by atoms with van der Waals surface area (Å²) in [6, 6.07) is 0. The van der Waals surface area contributed by atoms with Crippen LogP contribution < -0.4 is 0 Å². The van der Waals surface area contributed by atoms with Crippen LogP contribution in [0.1, 0.15) is 26.7 Å². The molecule has 0 atom stereocenters. The van der Waals surface area contributed by atoms with Crippen LogP contribution in [0.15, 0.2) is 0 Å². The van der Waals surface area contributed by atoms with Crippen LogP contribution in [0, 0.1) is 15.5 Å². The molecule has 0 unspecified atom stereocenters. The van der Waals surface area contributed by atoms with Crippen molar-refractivity contribution in [2.45, 2.75) is 26.7 Å². The molecule has 0 aromatic rings. The van der Waals surface area contributed by atoms with Gasteiger partial charge in [-0.2, -0.15) is 0 Å². The Morgan fingerprint density at radius 1 is 1.50 bits per heavy atom. The minimum atomic E-state index is -0.733. The summed E-state index contributed by atoms with van der Waals surface area (Å²) in [5.74, 6) is 0. The predicted molar refractivity (Wildman–Crippen MR) is 49.8 cm³/mol. The highest BCUT2D eigenvalue weighted by Crippen LogP contribution is 2.28. The Morgan fingerprint density at radius 2 is 2.00 bits per heavy atom. The van der Waals surface area contributed by atoms with Crippen molar-refractivity contribution in [2.75, 3.05) is 11.9 Å². The lowest BCUT2D eigenvalue weighted by atomic mass is 9.86. The smallest absolute Gasteiger partial charge is 0.294 e. The van der Waals surface area contributed by atoms with Crippen LogP contribution in [0.5, 0.6) is 0 Å². The van der Waals surface area contributed by atoms with Gasteiger partial charge in [-0.25, -0.2) is 0 Å². The SMILES string of the molecule is CCC(CC)(CBr)CO[N+](=O)[O-]. The number of rotatable bonds is 6. The van der Waals surface area contributed by atoms with Gasteiger partial charge in [0, 0.05) is 10.7 Å². The summed E-state index contributed by atoms with van der Waals surface area (Å²) in [6.07, 6.45) is 1.76. The lowest BCUT2D eigenvalue weighted by molar-refractivity contribution is -0.760. The molecule has 0 aromatic heterocycles. The fourth-order valence-electron chi connectivity index (χ4n) is 0.871. The second-order valence-electron chi connectivity index (χ2n) is 2.84. The van der Waals surface area contributed by atoms with E-state index < -0.39 is 5.09 Å². The molecule has 0 N–H and O–H groups in total. The number of hydrogen-bond acceptors (Lipinski definition) is 3. The third kappa shape index (κ3) is 3.38. The molecule has 12 heavy (non-hydrogen) atoms. The summed E-state index contributed by atoms with van der Waals surface area (Å²) in [5.41, 5.74) is -0.0902. The topological polar surface area (TPSA) is 52.4 Å². The Balaban J connectivity index is 4.01. The molecule has 0 rings (SSSR count). The molecule has 0 radical (unpaired) electrons. The summed E-state index contributed by atoms with van der Waals surface area (Å²) in [6.45, 7) is 4.19. The largest absolute Gasteiger partial charge is 0.313 e. The Kier molecular flexibility index (Phi) is 5.20. The van der Waals surface area contributed by atoms with Crippen molar-refractivity contribution in [2.24, 2.45) is 5.41 Å². The molecule has 0 heterocycles. The molecule has 0 spiro atoms. The van der Waals surface area contributed by atoms with Crippen molar-refractivity contribution in [1.82, 2.24) is 0 Å². The van der Waals surface area contributed by atoms with Crippen LogP contribution in [0.2, 0.25) is 0 Å².